The van der Waals surface area contributed by atoms with E-state index in [1.165, 1.54) is 6.07 Å². The van der Waals surface area contributed by atoms with Gasteiger partial charge in [-0.05, 0) is 37.6 Å². The second-order valence-electron chi connectivity index (χ2n) is 3.65. The van der Waals surface area contributed by atoms with Crippen molar-refractivity contribution in [1.29, 1.82) is 0 Å². The molecule has 0 amide bonds. The molecular formula is C12H17F2NO. The van der Waals surface area contributed by atoms with E-state index in [4.69, 9.17) is 4.74 Å². The summed E-state index contributed by atoms with van der Waals surface area (Å²) in [5.41, 5.74) is 0.762. The molecule has 0 heterocycles. The molecule has 4 heteroatoms. The number of nitrogens with one attached hydrogen (secondary N) is 1. The van der Waals surface area contributed by atoms with Crippen molar-refractivity contribution in [1.82, 2.24) is 5.32 Å². The SMILES string of the molecule is CNC(CCCOC)c1ccc(F)c(F)c1. The van der Waals surface area contributed by atoms with E-state index in [1.54, 1.807) is 20.2 Å². The molecular weight excluding hydrogens is 212 g/mol. The minimum atomic E-state index is -0.810. The van der Waals surface area contributed by atoms with Crippen LogP contribution in [-0.2, 0) is 4.74 Å². The minimum Gasteiger partial charge on any atom is -0.385 e. The highest BCUT2D eigenvalue weighted by Crippen LogP contribution is 2.20. The van der Waals surface area contributed by atoms with E-state index in [9.17, 15) is 8.78 Å². The van der Waals surface area contributed by atoms with Crippen LogP contribution in [0, 0.1) is 11.6 Å². The lowest BCUT2D eigenvalue weighted by atomic mass is 10.0. The van der Waals surface area contributed by atoms with Crippen LogP contribution < -0.4 is 5.32 Å². The second-order valence-corrected chi connectivity index (χ2v) is 3.65. The molecule has 0 saturated carbocycles. The lowest BCUT2D eigenvalue weighted by molar-refractivity contribution is 0.189. The number of benzene rings is 1. The fourth-order valence-electron chi connectivity index (χ4n) is 1.64. The summed E-state index contributed by atoms with van der Waals surface area (Å²) in [4.78, 5) is 0. The fourth-order valence-corrected chi connectivity index (χ4v) is 1.64. The smallest absolute Gasteiger partial charge is 0.159 e. The molecule has 2 nitrogen and oxygen atoms in total. The molecule has 0 aliphatic rings. The van der Waals surface area contributed by atoms with Crippen LogP contribution in [-0.4, -0.2) is 20.8 Å². The molecule has 0 aliphatic heterocycles. The molecule has 1 atom stereocenters. The van der Waals surface area contributed by atoms with Crippen LogP contribution in [0.15, 0.2) is 18.2 Å². The van der Waals surface area contributed by atoms with Gasteiger partial charge in [-0.1, -0.05) is 6.07 Å². The summed E-state index contributed by atoms with van der Waals surface area (Å²) in [6.45, 7) is 0.669. The van der Waals surface area contributed by atoms with E-state index in [0.717, 1.165) is 24.5 Å². The Hall–Kier alpha value is -1.00. The van der Waals surface area contributed by atoms with Crippen molar-refractivity contribution in [3.05, 3.63) is 35.4 Å². The van der Waals surface area contributed by atoms with Gasteiger partial charge in [-0.15, -0.1) is 0 Å². The molecule has 0 fully saturated rings. The maximum Gasteiger partial charge on any atom is 0.159 e. The number of hydrogen-bond acceptors (Lipinski definition) is 2. The van der Waals surface area contributed by atoms with Gasteiger partial charge in [0.2, 0.25) is 0 Å². The number of halogens is 2. The van der Waals surface area contributed by atoms with Crippen molar-refractivity contribution in [2.24, 2.45) is 0 Å². The first kappa shape index (κ1) is 13.1. The third-order valence-corrected chi connectivity index (χ3v) is 2.54. The predicted molar refractivity (Wildman–Crippen MR) is 59.3 cm³/mol. The molecule has 1 N–H and O–H groups in total. The molecule has 0 bridgehead atoms. The summed E-state index contributed by atoms with van der Waals surface area (Å²) in [6.07, 6.45) is 1.70. The first-order chi connectivity index (χ1) is 7.69. The lowest BCUT2D eigenvalue weighted by Gasteiger charge is -2.16. The molecule has 0 aliphatic carbocycles. The Morgan fingerprint density at radius 1 is 1.31 bits per heavy atom. The van der Waals surface area contributed by atoms with Gasteiger partial charge in [0, 0.05) is 19.8 Å². The van der Waals surface area contributed by atoms with Gasteiger partial charge in [-0.3, -0.25) is 0 Å². The minimum absolute atomic E-state index is 0.0326. The number of rotatable bonds is 6. The number of ether oxygens (including phenoxy) is 1. The first-order valence-electron chi connectivity index (χ1n) is 5.30. The van der Waals surface area contributed by atoms with Gasteiger partial charge in [0.05, 0.1) is 0 Å². The van der Waals surface area contributed by atoms with Crippen molar-refractivity contribution < 1.29 is 13.5 Å². The van der Waals surface area contributed by atoms with Crippen LogP contribution in [0.2, 0.25) is 0 Å². The Bertz CT molecular complexity index is 331. The topological polar surface area (TPSA) is 21.3 Å². The zero-order valence-electron chi connectivity index (χ0n) is 9.59. The molecule has 0 spiro atoms. The Morgan fingerprint density at radius 2 is 2.06 bits per heavy atom. The summed E-state index contributed by atoms with van der Waals surface area (Å²) in [5.74, 6) is -1.61. The summed E-state index contributed by atoms with van der Waals surface area (Å²) >= 11 is 0. The molecule has 1 aromatic rings. The average Bonchev–Trinajstić information content (AvgIpc) is 2.29. The average molecular weight is 229 g/mol. The number of methoxy groups -OCH3 is 1. The third-order valence-electron chi connectivity index (χ3n) is 2.54. The zero-order valence-corrected chi connectivity index (χ0v) is 9.59. The van der Waals surface area contributed by atoms with E-state index in [1.807, 2.05) is 0 Å². The molecule has 0 aromatic heterocycles. The molecule has 1 aromatic carbocycles. The maximum atomic E-state index is 13.0. The van der Waals surface area contributed by atoms with Gasteiger partial charge in [0.15, 0.2) is 11.6 Å². The van der Waals surface area contributed by atoms with E-state index in [0.29, 0.717) is 6.61 Å². The van der Waals surface area contributed by atoms with Crippen molar-refractivity contribution >= 4 is 0 Å². The summed E-state index contributed by atoms with van der Waals surface area (Å²) in [5, 5.41) is 3.08. The van der Waals surface area contributed by atoms with E-state index in [2.05, 4.69) is 5.32 Å². The molecule has 0 saturated heterocycles. The van der Waals surface area contributed by atoms with Crippen LogP contribution in [0.25, 0.3) is 0 Å². The quantitative estimate of drug-likeness (QED) is 0.757. The van der Waals surface area contributed by atoms with E-state index < -0.39 is 11.6 Å². The molecule has 16 heavy (non-hydrogen) atoms. The van der Waals surface area contributed by atoms with Crippen LogP contribution in [0.1, 0.15) is 24.4 Å². The van der Waals surface area contributed by atoms with E-state index in [-0.39, 0.29) is 6.04 Å². The van der Waals surface area contributed by atoms with Gasteiger partial charge < -0.3 is 10.1 Å². The standard InChI is InChI=1S/C12H17F2NO/c1-15-12(4-3-7-16-2)9-5-6-10(13)11(14)8-9/h5-6,8,12,15H,3-4,7H2,1-2H3. The zero-order chi connectivity index (χ0) is 12.0. The van der Waals surface area contributed by atoms with Crippen LogP contribution in [0.3, 0.4) is 0 Å². The predicted octanol–water partition coefficient (Wildman–Crippen LogP) is 2.65. The van der Waals surface area contributed by atoms with Gasteiger partial charge >= 0.3 is 0 Å². The van der Waals surface area contributed by atoms with Crippen LogP contribution in [0.4, 0.5) is 8.78 Å². The summed E-state index contributed by atoms with van der Waals surface area (Å²) in [7, 11) is 3.45. The van der Waals surface area contributed by atoms with Crippen LogP contribution in [0.5, 0.6) is 0 Å². The monoisotopic (exact) mass is 229 g/mol. The highest BCUT2D eigenvalue weighted by atomic mass is 19.2. The van der Waals surface area contributed by atoms with Gasteiger partial charge in [-0.25, -0.2) is 8.78 Å². The van der Waals surface area contributed by atoms with Crippen LogP contribution >= 0.6 is 0 Å². The summed E-state index contributed by atoms with van der Waals surface area (Å²) < 4.78 is 30.7. The van der Waals surface area contributed by atoms with Crippen molar-refractivity contribution in [3.63, 3.8) is 0 Å². The molecule has 0 radical (unpaired) electrons. The van der Waals surface area contributed by atoms with Crippen molar-refractivity contribution in [2.45, 2.75) is 18.9 Å². The fraction of sp³-hybridized carbons (Fsp3) is 0.500. The Labute approximate surface area is 94.6 Å². The first-order valence-corrected chi connectivity index (χ1v) is 5.30. The highest BCUT2D eigenvalue weighted by Gasteiger charge is 2.11. The summed E-state index contributed by atoms with van der Waals surface area (Å²) in [6, 6.07) is 4.03. The van der Waals surface area contributed by atoms with Gasteiger partial charge in [0.1, 0.15) is 0 Å². The molecule has 1 unspecified atom stereocenters. The highest BCUT2D eigenvalue weighted by molar-refractivity contribution is 5.21. The lowest BCUT2D eigenvalue weighted by Crippen LogP contribution is -2.17. The number of hydrogen-bond donors (Lipinski definition) is 1. The second kappa shape index (κ2) is 6.55. The van der Waals surface area contributed by atoms with E-state index >= 15 is 0 Å². The Morgan fingerprint density at radius 3 is 2.62 bits per heavy atom. The van der Waals surface area contributed by atoms with Gasteiger partial charge in [-0.2, -0.15) is 0 Å². The largest absolute Gasteiger partial charge is 0.385 e. The Balaban J connectivity index is 2.67. The van der Waals surface area contributed by atoms with Crippen molar-refractivity contribution in [2.75, 3.05) is 20.8 Å². The van der Waals surface area contributed by atoms with Crippen molar-refractivity contribution in [3.8, 4) is 0 Å². The van der Waals surface area contributed by atoms with Gasteiger partial charge in [0.25, 0.3) is 0 Å². The Kier molecular flexibility index (Phi) is 5.35. The maximum absolute atomic E-state index is 13.0. The molecule has 1 rings (SSSR count). The molecule has 90 valence electrons. The normalized spacial score (nSPS) is 12.8. The third kappa shape index (κ3) is 3.54.